The van der Waals surface area contributed by atoms with Gasteiger partial charge in [0.05, 0.1) is 10.9 Å². The lowest BCUT2D eigenvalue weighted by Crippen LogP contribution is -2.49. The lowest BCUT2D eigenvalue weighted by molar-refractivity contribution is -0.128. The molecule has 2 saturated carbocycles. The van der Waals surface area contributed by atoms with Gasteiger partial charge in [-0.15, -0.1) is 0 Å². The molecule has 1 aromatic rings. The molecule has 0 aromatic heterocycles. The number of amides is 1. The predicted molar refractivity (Wildman–Crippen MR) is 105 cm³/mol. The number of rotatable bonds is 5. The van der Waals surface area contributed by atoms with E-state index in [9.17, 15) is 13.2 Å². The van der Waals surface area contributed by atoms with Crippen molar-refractivity contribution < 1.29 is 13.2 Å². The van der Waals surface area contributed by atoms with Crippen molar-refractivity contribution in [1.29, 1.82) is 0 Å². The summed E-state index contributed by atoms with van der Waals surface area (Å²) >= 11 is 0. The van der Waals surface area contributed by atoms with E-state index in [0.717, 1.165) is 31.2 Å². The van der Waals surface area contributed by atoms with Gasteiger partial charge < -0.3 is 11.1 Å². The quantitative estimate of drug-likeness (QED) is 0.803. The molecule has 7 heteroatoms. The van der Waals surface area contributed by atoms with Crippen molar-refractivity contribution in [2.45, 2.75) is 56.0 Å². The molecule has 2 aliphatic carbocycles. The van der Waals surface area contributed by atoms with Crippen LogP contribution in [-0.2, 0) is 14.8 Å². The molecule has 0 heterocycles. The largest absolute Gasteiger partial charge is 0.349 e. The average Bonchev–Trinajstić information content (AvgIpc) is 2.61. The van der Waals surface area contributed by atoms with E-state index >= 15 is 0 Å². The monoisotopic (exact) mass is 393 g/mol. The van der Waals surface area contributed by atoms with Gasteiger partial charge in [-0.05, 0) is 62.1 Å². The van der Waals surface area contributed by atoms with Gasteiger partial charge in [-0.1, -0.05) is 18.6 Å². The highest BCUT2D eigenvalue weighted by Crippen LogP contribution is 2.42. The van der Waals surface area contributed by atoms with E-state index in [2.05, 4.69) is 5.32 Å². The first-order valence-corrected chi connectivity index (χ1v) is 11.2. The molecular formula is C20H31N3O3S. The number of carbonyl (C=O) groups is 1. The molecule has 2 aliphatic rings. The van der Waals surface area contributed by atoms with Gasteiger partial charge in [-0.25, -0.2) is 12.7 Å². The van der Waals surface area contributed by atoms with Crippen LogP contribution in [0, 0.1) is 17.8 Å². The van der Waals surface area contributed by atoms with Crippen LogP contribution in [-0.4, -0.2) is 38.8 Å². The van der Waals surface area contributed by atoms with E-state index in [1.807, 2.05) is 13.0 Å². The Labute approximate surface area is 162 Å². The first-order valence-electron chi connectivity index (χ1n) is 9.78. The minimum Gasteiger partial charge on any atom is -0.349 e. The minimum atomic E-state index is -3.49. The van der Waals surface area contributed by atoms with Gasteiger partial charge in [-0.3, -0.25) is 4.79 Å². The second-order valence-electron chi connectivity index (χ2n) is 8.29. The Kier molecular flexibility index (Phi) is 5.93. The Morgan fingerprint density at radius 1 is 1.22 bits per heavy atom. The summed E-state index contributed by atoms with van der Waals surface area (Å²) in [6.45, 7) is 1.90. The number of fused-ring (bicyclic) bond motifs is 2. The van der Waals surface area contributed by atoms with Crippen molar-refractivity contribution in [3.05, 3.63) is 29.8 Å². The second kappa shape index (κ2) is 7.89. The van der Waals surface area contributed by atoms with Crippen LogP contribution in [0.3, 0.4) is 0 Å². The Balaban J connectivity index is 1.69. The summed E-state index contributed by atoms with van der Waals surface area (Å²) in [6, 6.07) is 6.80. The topological polar surface area (TPSA) is 92.5 Å². The van der Waals surface area contributed by atoms with E-state index in [1.165, 1.54) is 24.8 Å². The van der Waals surface area contributed by atoms with Crippen LogP contribution in [0.25, 0.3) is 0 Å². The molecule has 2 bridgehead atoms. The standard InChI is InChI=1S/C20H31N3O3S/c1-13(14-6-5-9-18(12-14)27(25,26)23(2)3)22-20(24)17-10-15-7-4-8-16(11-17)19(15)21/h5-6,9,12-13,15-17,19H,4,7-8,10-11,21H2,1-3H3,(H,22,24). The lowest BCUT2D eigenvalue weighted by Gasteiger charge is -2.43. The summed E-state index contributed by atoms with van der Waals surface area (Å²) in [4.78, 5) is 13.1. The molecule has 3 N–H and O–H groups in total. The smallest absolute Gasteiger partial charge is 0.242 e. The highest BCUT2D eigenvalue weighted by atomic mass is 32.2. The summed E-state index contributed by atoms with van der Waals surface area (Å²) in [6.07, 6.45) is 5.21. The highest BCUT2D eigenvalue weighted by molar-refractivity contribution is 7.89. The maximum absolute atomic E-state index is 12.8. The number of benzene rings is 1. The molecule has 3 unspecified atom stereocenters. The molecule has 0 aliphatic heterocycles. The molecule has 2 fully saturated rings. The van der Waals surface area contributed by atoms with Crippen molar-refractivity contribution in [3.63, 3.8) is 0 Å². The SMILES string of the molecule is CC(NC(=O)C1CC2CCCC(C1)C2N)c1cccc(S(=O)(=O)N(C)C)c1. The molecule has 3 rings (SSSR count). The van der Waals surface area contributed by atoms with E-state index in [0.29, 0.717) is 11.8 Å². The summed E-state index contributed by atoms with van der Waals surface area (Å²) < 4.78 is 25.9. The molecule has 3 atom stereocenters. The Morgan fingerprint density at radius 2 is 1.85 bits per heavy atom. The van der Waals surface area contributed by atoms with Crippen LogP contribution < -0.4 is 11.1 Å². The Hall–Kier alpha value is -1.44. The maximum atomic E-state index is 12.8. The average molecular weight is 394 g/mol. The van der Waals surface area contributed by atoms with E-state index in [-0.39, 0.29) is 28.8 Å². The van der Waals surface area contributed by atoms with Gasteiger partial charge in [0.2, 0.25) is 15.9 Å². The normalized spacial score (nSPS) is 29.4. The molecule has 0 radical (unpaired) electrons. The van der Waals surface area contributed by atoms with Crippen LogP contribution >= 0.6 is 0 Å². The van der Waals surface area contributed by atoms with E-state index in [4.69, 9.17) is 5.73 Å². The molecule has 1 amide bonds. The van der Waals surface area contributed by atoms with Crippen molar-refractivity contribution in [2.24, 2.45) is 23.5 Å². The number of sulfonamides is 1. The number of hydrogen-bond donors (Lipinski definition) is 2. The first kappa shape index (κ1) is 20.3. The third-order valence-corrected chi connectivity index (χ3v) is 8.09. The van der Waals surface area contributed by atoms with E-state index in [1.54, 1.807) is 18.2 Å². The summed E-state index contributed by atoms with van der Waals surface area (Å²) in [7, 11) is -0.468. The first-order chi connectivity index (χ1) is 12.7. The number of carbonyl (C=O) groups excluding carboxylic acids is 1. The molecule has 27 heavy (non-hydrogen) atoms. The van der Waals surface area contributed by atoms with Gasteiger partial charge in [0, 0.05) is 26.1 Å². The van der Waals surface area contributed by atoms with Crippen LogP contribution in [0.4, 0.5) is 0 Å². The van der Waals surface area contributed by atoms with Crippen molar-refractivity contribution in [1.82, 2.24) is 9.62 Å². The minimum absolute atomic E-state index is 0.0104. The number of nitrogens with zero attached hydrogens (tertiary/aromatic N) is 1. The van der Waals surface area contributed by atoms with Gasteiger partial charge in [-0.2, -0.15) is 0 Å². The zero-order valence-electron chi connectivity index (χ0n) is 16.4. The Morgan fingerprint density at radius 3 is 2.44 bits per heavy atom. The molecular weight excluding hydrogens is 362 g/mol. The fourth-order valence-corrected chi connectivity index (χ4v) is 5.53. The molecule has 0 saturated heterocycles. The number of hydrogen-bond acceptors (Lipinski definition) is 4. The van der Waals surface area contributed by atoms with Gasteiger partial charge >= 0.3 is 0 Å². The van der Waals surface area contributed by atoms with Gasteiger partial charge in [0.25, 0.3) is 0 Å². The Bertz CT molecular complexity index is 779. The lowest BCUT2D eigenvalue weighted by atomic mass is 9.65. The third-order valence-electron chi connectivity index (χ3n) is 6.28. The second-order valence-corrected chi connectivity index (χ2v) is 10.4. The molecule has 150 valence electrons. The summed E-state index contributed by atoms with van der Waals surface area (Å²) in [5.74, 6) is 0.984. The summed E-state index contributed by atoms with van der Waals surface area (Å²) in [5, 5.41) is 3.09. The molecule has 6 nitrogen and oxygen atoms in total. The fourth-order valence-electron chi connectivity index (χ4n) is 4.57. The third kappa shape index (κ3) is 4.20. The fraction of sp³-hybridized carbons (Fsp3) is 0.650. The zero-order valence-corrected chi connectivity index (χ0v) is 17.2. The van der Waals surface area contributed by atoms with Crippen LogP contribution in [0.2, 0.25) is 0 Å². The van der Waals surface area contributed by atoms with Crippen molar-refractivity contribution >= 4 is 15.9 Å². The van der Waals surface area contributed by atoms with Crippen molar-refractivity contribution in [3.8, 4) is 0 Å². The highest BCUT2D eigenvalue weighted by Gasteiger charge is 2.40. The van der Waals surface area contributed by atoms with Gasteiger partial charge in [0.15, 0.2) is 0 Å². The molecule has 1 aromatic carbocycles. The maximum Gasteiger partial charge on any atom is 0.242 e. The zero-order chi connectivity index (χ0) is 19.8. The van der Waals surface area contributed by atoms with Crippen molar-refractivity contribution in [2.75, 3.05) is 14.1 Å². The van der Waals surface area contributed by atoms with E-state index < -0.39 is 10.0 Å². The van der Waals surface area contributed by atoms with Crippen LogP contribution in [0.1, 0.15) is 50.6 Å². The predicted octanol–water partition coefficient (Wildman–Crippen LogP) is 2.27. The van der Waals surface area contributed by atoms with Crippen LogP contribution in [0.15, 0.2) is 29.2 Å². The molecule has 0 spiro atoms. The van der Waals surface area contributed by atoms with Crippen LogP contribution in [0.5, 0.6) is 0 Å². The van der Waals surface area contributed by atoms with Gasteiger partial charge in [0.1, 0.15) is 0 Å². The number of nitrogens with two attached hydrogens (primary N) is 1. The number of nitrogens with one attached hydrogen (secondary N) is 1. The summed E-state index contributed by atoms with van der Waals surface area (Å²) in [5.41, 5.74) is 7.12.